The minimum absolute atomic E-state index is 0.0225. The molecule has 0 aliphatic heterocycles. The molecular formula is C24H16F6N4. The number of hydrogen-bond donors (Lipinski definition) is 2. The zero-order valence-electron chi connectivity index (χ0n) is 17.2. The number of anilines is 2. The molecule has 4 rings (SSSR count). The molecule has 34 heavy (non-hydrogen) atoms. The second-order valence-corrected chi connectivity index (χ2v) is 7.19. The van der Waals surface area contributed by atoms with Crippen LogP contribution in [0.5, 0.6) is 0 Å². The van der Waals surface area contributed by atoms with Gasteiger partial charge in [0.05, 0.1) is 16.8 Å². The molecule has 2 N–H and O–H groups in total. The first-order valence-corrected chi connectivity index (χ1v) is 9.92. The summed E-state index contributed by atoms with van der Waals surface area (Å²) in [6.45, 7) is 0. The smallest absolute Gasteiger partial charge is 0.326 e. The monoisotopic (exact) mass is 474 g/mol. The lowest BCUT2D eigenvalue weighted by Gasteiger charge is -2.16. The summed E-state index contributed by atoms with van der Waals surface area (Å²) in [5, 5.41) is 5.53. The predicted molar refractivity (Wildman–Crippen MR) is 119 cm³/mol. The lowest BCUT2D eigenvalue weighted by molar-refractivity contribution is -0.144. The molecule has 3 aromatic carbocycles. The Balaban J connectivity index is 1.77. The third-order valence-electron chi connectivity index (χ3n) is 4.70. The minimum atomic E-state index is -5.04. The third-order valence-corrected chi connectivity index (χ3v) is 4.70. The van der Waals surface area contributed by atoms with E-state index in [9.17, 15) is 26.3 Å². The molecule has 174 valence electrons. The topological polar surface area (TPSA) is 49.3 Å². The Kier molecular flexibility index (Phi) is 6.14. The Morgan fingerprint density at radius 3 is 1.91 bits per heavy atom. The number of rotatable bonds is 3. The largest absolute Gasteiger partial charge is 0.433 e. The van der Waals surface area contributed by atoms with Crippen LogP contribution in [0.4, 0.5) is 43.4 Å². The highest BCUT2D eigenvalue weighted by Crippen LogP contribution is 2.39. The van der Waals surface area contributed by atoms with E-state index in [2.05, 4.69) is 20.6 Å². The van der Waals surface area contributed by atoms with Gasteiger partial charge in [0.1, 0.15) is 5.69 Å². The van der Waals surface area contributed by atoms with E-state index in [1.165, 1.54) is 6.07 Å². The number of hydrogen-bond acceptors (Lipinski definition) is 2. The first-order chi connectivity index (χ1) is 16.1. The van der Waals surface area contributed by atoms with E-state index in [-0.39, 0.29) is 17.7 Å². The molecule has 4 aromatic rings. The molecule has 0 fully saturated rings. The number of nitrogens with zero attached hydrogens (tertiary/aromatic N) is 2. The van der Waals surface area contributed by atoms with E-state index in [1.807, 2.05) is 12.1 Å². The number of benzene rings is 3. The van der Waals surface area contributed by atoms with E-state index < -0.39 is 34.5 Å². The standard InChI is InChI=1S/C24H16F6N4/c25-23(26,27)19-14-21(24(28,29)30)34-20-13-17(11-12-18(19)20)33-22(31-15-7-3-1-4-8-15)32-16-9-5-2-6-10-16/h1-14H,(H2,31,32,33). The van der Waals surface area contributed by atoms with Crippen molar-refractivity contribution in [2.75, 3.05) is 10.6 Å². The van der Waals surface area contributed by atoms with Gasteiger partial charge in [0.25, 0.3) is 0 Å². The van der Waals surface area contributed by atoms with Gasteiger partial charge in [-0.05, 0) is 42.5 Å². The average molecular weight is 474 g/mol. The predicted octanol–water partition coefficient (Wildman–Crippen LogP) is 7.48. The quantitative estimate of drug-likeness (QED) is 0.184. The molecule has 10 heteroatoms. The molecule has 0 unspecified atom stereocenters. The molecule has 0 aliphatic rings. The fourth-order valence-corrected chi connectivity index (χ4v) is 3.20. The van der Waals surface area contributed by atoms with Crippen molar-refractivity contribution in [3.63, 3.8) is 0 Å². The molecule has 0 amide bonds. The number of para-hydroxylation sites is 2. The number of pyridine rings is 1. The van der Waals surface area contributed by atoms with E-state index in [0.29, 0.717) is 11.4 Å². The SMILES string of the molecule is FC(F)(F)c1cc(C(F)(F)F)c2ccc(NC(=Nc3ccccc3)Nc3ccccc3)cc2n1. The fraction of sp³-hybridized carbons (Fsp3) is 0.0833. The van der Waals surface area contributed by atoms with Gasteiger partial charge in [0, 0.05) is 16.8 Å². The molecule has 0 radical (unpaired) electrons. The summed E-state index contributed by atoms with van der Waals surface area (Å²) in [7, 11) is 0. The summed E-state index contributed by atoms with van der Waals surface area (Å²) in [6, 6.07) is 21.3. The molecule has 0 saturated heterocycles. The molecule has 4 nitrogen and oxygen atoms in total. The van der Waals surface area contributed by atoms with Gasteiger partial charge in [-0.3, -0.25) is 0 Å². The maximum Gasteiger partial charge on any atom is 0.433 e. The van der Waals surface area contributed by atoms with Crippen LogP contribution in [-0.2, 0) is 12.4 Å². The number of fused-ring (bicyclic) bond motifs is 1. The van der Waals surface area contributed by atoms with Crippen molar-refractivity contribution < 1.29 is 26.3 Å². The Labute approximate surface area is 190 Å². The van der Waals surface area contributed by atoms with E-state index in [4.69, 9.17) is 0 Å². The highest BCUT2D eigenvalue weighted by molar-refractivity contribution is 6.05. The summed E-state index contributed by atoms with van der Waals surface area (Å²) < 4.78 is 79.9. The zero-order valence-corrected chi connectivity index (χ0v) is 17.2. The van der Waals surface area contributed by atoms with Crippen LogP contribution in [0.25, 0.3) is 10.9 Å². The van der Waals surface area contributed by atoms with Crippen molar-refractivity contribution in [1.82, 2.24) is 4.98 Å². The Hall–Kier alpha value is -4.08. The average Bonchev–Trinajstić information content (AvgIpc) is 2.78. The number of aromatic nitrogens is 1. The third kappa shape index (κ3) is 5.45. The number of nitrogens with one attached hydrogen (secondary N) is 2. The summed E-state index contributed by atoms with van der Waals surface area (Å²) in [5.74, 6) is 0.208. The number of alkyl halides is 6. The molecule has 1 heterocycles. The first-order valence-electron chi connectivity index (χ1n) is 9.92. The van der Waals surface area contributed by atoms with Crippen molar-refractivity contribution in [1.29, 1.82) is 0 Å². The first kappa shape index (κ1) is 23.1. The molecule has 0 saturated carbocycles. The van der Waals surface area contributed by atoms with E-state index >= 15 is 0 Å². The van der Waals surface area contributed by atoms with Crippen LogP contribution in [0.2, 0.25) is 0 Å². The van der Waals surface area contributed by atoms with Gasteiger partial charge in [0.2, 0.25) is 5.96 Å². The maximum absolute atomic E-state index is 13.4. The fourth-order valence-electron chi connectivity index (χ4n) is 3.20. The van der Waals surface area contributed by atoms with Gasteiger partial charge < -0.3 is 10.6 Å². The second-order valence-electron chi connectivity index (χ2n) is 7.19. The summed E-state index contributed by atoms with van der Waals surface area (Å²) in [5.41, 5.74) is -2.04. The van der Waals surface area contributed by atoms with Crippen LogP contribution >= 0.6 is 0 Å². The van der Waals surface area contributed by atoms with Gasteiger partial charge in [-0.2, -0.15) is 26.3 Å². The number of halogens is 6. The highest BCUT2D eigenvalue weighted by atomic mass is 19.4. The zero-order chi connectivity index (χ0) is 24.3. The van der Waals surface area contributed by atoms with Crippen LogP contribution in [0.3, 0.4) is 0 Å². The maximum atomic E-state index is 13.4. The molecule has 0 spiro atoms. The normalized spacial score (nSPS) is 12.6. The lowest BCUT2D eigenvalue weighted by Crippen LogP contribution is -2.22. The van der Waals surface area contributed by atoms with Crippen molar-refractivity contribution in [3.8, 4) is 0 Å². The van der Waals surface area contributed by atoms with Gasteiger partial charge >= 0.3 is 12.4 Å². The molecule has 1 aromatic heterocycles. The summed E-state index contributed by atoms with van der Waals surface area (Å²) >= 11 is 0. The van der Waals surface area contributed by atoms with Gasteiger partial charge in [-0.1, -0.05) is 42.5 Å². The Bertz CT molecular complexity index is 1320. The van der Waals surface area contributed by atoms with Crippen LogP contribution in [0.1, 0.15) is 11.3 Å². The van der Waals surface area contributed by atoms with Crippen LogP contribution in [0.15, 0.2) is 89.9 Å². The van der Waals surface area contributed by atoms with Crippen LogP contribution in [0, 0.1) is 0 Å². The van der Waals surface area contributed by atoms with Gasteiger partial charge in [-0.25, -0.2) is 9.98 Å². The van der Waals surface area contributed by atoms with E-state index in [0.717, 1.165) is 12.1 Å². The van der Waals surface area contributed by atoms with Gasteiger partial charge in [-0.15, -0.1) is 0 Å². The van der Waals surface area contributed by atoms with Gasteiger partial charge in [0.15, 0.2) is 0 Å². The minimum Gasteiger partial charge on any atom is -0.326 e. The lowest BCUT2D eigenvalue weighted by atomic mass is 10.1. The Morgan fingerprint density at radius 2 is 1.29 bits per heavy atom. The van der Waals surface area contributed by atoms with Crippen LogP contribution in [-0.4, -0.2) is 10.9 Å². The number of aliphatic imine (C=N–C) groups is 1. The Morgan fingerprint density at radius 1 is 0.676 bits per heavy atom. The highest BCUT2D eigenvalue weighted by Gasteiger charge is 2.39. The van der Waals surface area contributed by atoms with Crippen LogP contribution < -0.4 is 10.6 Å². The van der Waals surface area contributed by atoms with Crippen molar-refractivity contribution in [2.45, 2.75) is 12.4 Å². The number of guanidine groups is 1. The molecule has 0 aliphatic carbocycles. The van der Waals surface area contributed by atoms with Crippen molar-refractivity contribution in [3.05, 3.63) is 96.2 Å². The molecular weight excluding hydrogens is 458 g/mol. The van der Waals surface area contributed by atoms with Crippen molar-refractivity contribution >= 4 is 33.9 Å². The second kappa shape index (κ2) is 9.05. The van der Waals surface area contributed by atoms with Crippen molar-refractivity contribution in [2.24, 2.45) is 4.99 Å². The molecule has 0 atom stereocenters. The van der Waals surface area contributed by atoms with E-state index in [1.54, 1.807) is 48.5 Å². The molecule has 0 bridgehead atoms. The summed E-state index contributed by atoms with van der Waals surface area (Å²) in [6.07, 6.45) is -10.0. The summed E-state index contributed by atoms with van der Waals surface area (Å²) in [4.78, 5) is 7.89.